The summed E-state index contributed by atoms with van der Waals surface area (Å²) in [6, 6.07) is 56.1. The number of hydrogen-bond acceptors (Lipinski definition) is 5. The fourth-order valence-electron chi connectivity index (χ4n) is 6.82. The van der Waals surface area contributed by atoms with Crippen molar-refractivity contribution in [2.24, 2.45) is 0 Å². The quantitative estimate of drug-likeness (QED) is 0.186. The lowest BCUT2D eigenvalue weighted by atomic mass is 10.0. The van der Waals surface area contributed by atoms with Crippen molar-refractivity contribution >= 4 is 91.2 Å². The number of thiophene rings is 2. The molecule has 0 saturated heterocycles. The van der Waals surface area contributed by atoms with Gasteiger partial charge in [-0.05, 0) is 71.8 Å². The molecule has 0 saturated carbocycles. The fraction of sp³-hybridized carbons (Fsp3) is 0. The van der Waals surface area contributed by atoms with Gasteiger partial charge in [-0.2, -0.15) is 0 Å². The lowest BCUT2D eigenvalue weighted by Crippen LogP contribution is -2.09. The number of hydrogen-bond donors (Lipinski definition) is 0. The van der Waals surface area contributed by atoms with Gasteiger partial charge in [-0.25, -0.2) is 4.98 Å². The molecule has 0 amide bonds. The van der Waals surface area contributed by atoms with E-state index in [1.54, 1.807) is 0 Å². The van der Waals surface area contributed by atoms with Gasteiger partial charge in [0.1, 0.15) is 5.52 Å². The van der Waals surface area contributed by atoms with E-state index in [1.165, 1.54) is 51.5 Å². The van der Waals surface area contributed by atoms with E-state index >= 15 is 0 Å². The number of anilines is 3. The maximum absolute atomic E-state index is 6.21. The molecule has 10 rings (SSSR count). The van der Waals surface area contributed by atoms with Crippen LogP contribution in [0, 0.1) is 0 Å². The lowest BCUT2D eigenvalue weighted by molar-refractivity contribution is 0.620. The second-order valence-corrected chi connectivity index (χ2v) is 14.1. The predicted octanol–water partition coefficient (Wildman–Crippen LogP) is 13.4. The van der Waals surface area contributed by atoms with Crippen molar-refractivity contribution in [1.29, 1.82) is 0 Å². The van der Waals surface area contributed by atoms with E-state index in [-0.39, 0.29) is 0 Å². The van der Waals surface area contributed by atoms with Crippen LogP contribution in [0.3, 0.4) is 0 Å². The zero-order valence-electron chi connectivity index (χ0n) is 25.6. The molecule has 0 unspecified atom stereocenters. The minimum absolute atomic E-state index is 0.654. The summed E-state index contributed by atoms with van der Waals surface area (Å²) in [5.74, 6) is 0.654. The van der Waals surface area contributed by atoms with Gasteiger partial charge in [0.05, 0.1) is 0 Å². The topological polar surface area (TPSA) is 29.3 Å². The number of benzene rings is 7. The molecule has 3 heterocycles. The highest BCUT2D eigenvalue weighted by atomic mass is 32.1. The molecule has 0 spiro atoms. The van der Waals surface area contributed by atoms with Crippen LogP contribution in [0.15, 0.2) is 162 Å². The first kappa shape index (κ1) is 27.4. The highest BCUT2D eigenvalue weighted by Crippen LogP contribution is 2.44. The van der Waals surface area contributed by atoms with E-state index in [4.69, 9.17) is 9.40 Å². The van der Waals surface area contributed by atoms with E-state index in [0.29, 0.717) is 5.89 Å². The van der Waals surface area contributed by atoms with Crippen LogP contribution in [0.2, 0.25) is 0 Å². The molecule has 3 nitrogen and oxygen atoms in total. The Kier molecular flexibility index (Phi) is 6.22. The fourth-order valence-corrected chi connectivity index (χ4v) is 9.21. The average molecular weight is 651 g/mol. The third kappa shape index (κ3) is 4.43. The van der Waals surface area contributed by atoms with E-state index in [0.717, 1.165) is 33.7 Å². The normalized spacial score (nSPS) is 11.8. The van der Waals surface area contributed by atoms with Gasteiger partial charge in [-0.15, -0.1) is 22.7 Å². The Morgan fingerprint density at radius 1 is 0.458 bits per heavy atom. The molecule has 226 valence electrons. The molecule has 5 heteroatoms. The summed E-state index contributed by atoms with van der Waals surface area (Å²) < 4.78 is 11.3. The monoisotopic (exact) mass is 650 g/mol. The van der Waals surface area contributed by atoms with Crippen LogP contribution < -0.4 is 4.90 Å². The SMILES string of the molecule is c1ccc(-c2nc3cc4c(cc3o2)sc2c(-c3ccc(N(c5ccccc5)c5ccc6c(c5)sc5ccccc56)cc3)cccc24)cc1. The molecule has 0 aliphatic rings. The zero-order chi connectivity index (χ0) is 31.6. The molecule has 0 radical (unpaired) electrons. The standard InChI is InChI=1S/C43H26N2OS2/c1-3-10-28(11-4-1)43-44-37-25-36-35-16-9-15-32(42(35)48-41(36)26-38(37)46-43)27-18-20-30(21-19-27)45(29-12-5-2-6-13-29)31-22-23-34-33-14-7-8-17-39(33)47-40(34)24-31/h1-26H. The Morgan fingerprint density at radius 2 is 1.15 bits per heavy atom. The summed E-state index contributed by atoms with van der Waals surface area (Å²) >= 11 is 3.66. The number of aromatic nitrogens is 1. The number of para-hydroxylation sites is 1. The van der Waals surface area contributed by atoms with Crippen LogP contribution in [0.25, 0.3) is 74.0 Å². The molecule has 7 aromatic carbocycles. The van der Waals surface area contributed by atoms with E-state index in [9.17, 15) is 0 Å². The Balaban J connectivity index is 1.05. The minimum Gasteiger partial charge on any atom is -0.436 e. The maximum atomic E-state index is 6.21. The molecular weight excluding hydrogens is 625 g/mol. The molecular formula is C43H26N2OS2. The molecule has 0 aliphatic heterocycles. The van der Waals surface area contributed by atoms with Crippen molar-refractivity contribution in [3.05, 3.63) is 158 Å². The second kappa shape index (κ2) is 10.9. The molecule has 0 aliphatic carbocycles. The van der Waals surface area contributed by atoms with Crippen molar-refractivity contribution in [1.82, 2.24) is 4.98 Å². The molecule has 3 aromatic heterocycles. The molecule has 0 bridgehead atoms. The molecule has 0 fully saturated rings. The summed E-state index contributed by atoms with van der Waals surface area (Å²) in [5.41, 5.74) is 8.50. The van der Waals surface area contributed by atoms with Crippen LogP contribution in [0.4, 0.5) is 17.1 Å². The number of nitrogens with zero attached hydrogens (tertiary/aromatic N) is 2. The summed E-state index contributed by atoms with van der Waals surface area (Å²) in [6.45, 7) is 0. The number of oxazole rings is 1. The van der Waals surface area contributed by atoms with Crippen molar-refractivity contribution in [2.75, 3.05) is 4.90 Å². The summed E-state index contributed by atoms with van der Waals surface area (Å²) in [7, 11) is 0. The Hall–Kier alpha value is -5.75. The van der Waals surface area contributed by atoms with Crippen molar-refractivity contribution < 1.29 is 4.42 Å². The highest BCUT2D eigenvalue weighted by molar-refractivity contribution is 7.26. The maximum Gasteiger partial charge on any atom is 0.227 e. The first-order chi connectivity index (χ1) is 23.8. The van der Waals surface area contributed by atoms with Gasteiger partial charge in [-0.3, -0.25) is 0 Å². The third-order valence-electron chi connectivity index (χ3n) is 9.10. The lowest BCUT2D eigenvalue weighted by Gasteiger charge is -2.25. The highest BCUT2D eigenvalue weighted by Gasteiger charge is 2.17. The van der Waals surface area contributed by atoms with Crippen molar-refractivity contribution in [3.8, 4) is 22.6 Å². The second-order valence-electron chi connectivity index (χ2n) is 12.0. The van der Waals surface area contributed by atoms with Gasteiger partial charge in [0.2, 0.25) is 5.89 Å². The molecule has 10 aromatic rings. The Labute approximate surface area is 284 Å². The third-order valence-corrected chi connectivity index (χ3v) is 11.4. The molecule has 0 N–H and O–H groups in total. The van der Waals surface area contributed by atoms with Gasteiger partial charge in [-0.1, -0.05) is 91.0 Å². The van der Waals surface area contributed by atoms with Gasteiger partial charge in [0.25, 0.3) is 0 Å². The first-order valence-corrected chi connectivity index (χ1v) is 17.6. The van der Waals surface area contributed by atoms with E-state index in [1.807, 2.05) is 53.0 Å². The van der Waals surface area contributed by atoms with Gasteiger partial charge in [0, 0.05) is 69.0 Å². The van der Waals surface area contributed by atoms with Crippen LogP contribution in [-0.2, 0) is 0 Å². The van der Waals surface area contributed by atoms with Crippen LogP contribution in [-0.4, -0.2) is 4.98 Å². The molecule has 0 atom stereocenters. The Bertz CT molecular complexity index is 2780. The minimum atomic E-state index is 0.654. The predicted molar refractivity (Wildman–Crippen MR) is 205 cm³/mol. The van der Waals surface area contributed by atoms with Crippen LogP contribution >= 0.6 is 22.7 Å². The average Bonchev–Trinajstić information content (AvgIpc) is 3.84. The van der Waals surface area contributed by atoms with E-state index < -0.39 is 0 Å². The smallest absolute Gasteiger partial charge is 0.227 e. The van der Waals surface area contributed by atoms with Crippen LogP contribution in [0.1, 0.15) is 0 Å². The number of fused-ring (bicyclic) bond motifs is 7. The zero-order valence-corrected chi connectivity index (χ0v) is 27.3. The Morgan fingerprint density at radius 3 is 2.00 bits per heavy atom. The van der Waals surface area contributed by atoms with E-state index in [2.05, 4.69) is 132 Å². The summed E-state index contributed by atoms with van der Waals surface area (Å²) in [5, 5.41) is 5.07. The molecule has 48 heavy (non-hydrogen) atoms. The largest absolute Gasteiger partial charge is 0.436 e. The summed E-state index contributed by atoms with van der Waals surface area (Å²) in [6.07, 6.45) is 0. The van der Waals surface area contributed by atoms with Crippen molar-refractivity contribution in [2.45, 2.75) is 0 Å². The number of rotatable bonds is 5. The van der Waals surface area contributed by atoms with Gasteiger partial charge >= 0.3 is 0 Å². The first-order valence-electron chi connectivity index (χ1n) is 15.9. The van der Waals surface area contributed by atoms with Gasteiger partial charge < -0.3 is 9.32 Å². The summed E-state index contributed by atoms with van der Waals surface area (Å²) in [4.78, 5) is 7.18. The van der Waals surface area contributed by atoms with Crippen molar-refractivity contribution in [3.63, 3.8) is 0 Å². The van der Waals surface area contributed by atoms with Gasteiger partial charge in [0.15, 0.2) is 5.58 Å². The van der Waals surface area contributed by atoms with Crippen LogP contribution in [0.5, 0.6) is 0 Å².